The molecule has 1 aromatic rings. The predicted molar refractivity (Wildman–Crippen MR) is 144 cm³/mol. The van der Waals surface area contributed by atoms with Crippen LogP contribution < -0.4 is 20.1 Å². The highest BCUT2D eigenvalue weighted by Crippen LogP contribution is 2.42. The Morgan fingerprint density at radius 2 is 1.77 bits per heavy atom. The van der Waals surface area contributed by atoms with Gasteiger partial charge in [0.25, 0.3) is 5.91 Å². The molecule has 2 heterocycles. The molecule has 4 fully saturated rings. The van der Waals surface area contributed by atoms with Crippen LogP contribution in [0.2, 0.25) is 0 Å². The molecule has 2 bridgehead atoms. The zero-order valence-corrected chi connectivity index (χ0v) is 23.5. The van der Waals surface area contributed by atoms with Gasteiger partial charge in [-0.05, 0) is 69.8 Å². The summed E-state index contributed by atoms with van der Waals surface area (Å²) in [4.78, 5) is 38.5. The number of hydrogen-bond donors (Lipinski definition) is 3. The first-order valence-electron chi connectivity index (χ1n) is 14.3. The molecule has 4 aliphatic rings. The Balaban J connectivity index is 1.31. The van der Waals surface area contributed by atoms with E-state index in [0.717, 1.165) is 25.7 Å². The predicted octanol–water partition coefficient (Wildman–Crippen LogP) is 3.56. The zero-order valence-electron chi connectivity index (χ0n) is 23.5. The van der Waals surface area contributed by atoms with Gasteiger partial charge < -0.3 is 30.0 Å². The van der Waals surface area contributed by atoms with Crippen LogP contribution in [0.3, 0.4) is 0 Å². The molecule has 0 spiro atoms. The Hall–Kier alpha value is -3.32. The Labute approximate surface area is 234 Å². The fraction of sp³-hybridized carbons (Fsp3) is 0.667. The summed E-state index contributed by atoms with van der Waals surface area (Å²) in [5.74, 6) is -1.33. The summed E-state index contributed by atoms with van der Waals surface area (Å²) in [5.41, 5.74) is -0.218. The first-order chi connectivity index (χ1) is 19.1. The van der Waals surface area contributed by atoms with Crippen molar-refractivity contribution in [2.24, 2.45) is 16.7 Å². The number of carboxylic acids is 1. The van der Waals surface area contributed by atoms with E-state index in [-0.39, 0.29) is 52.3 Å². The number of methoxy groups -OCH3 is 1. The lowest BCUT2D eigenvalue weighted by Gasteiger charge is -2.39. The number of rotatable bonds is 9. The quantitative estimate of drug-likeness (QED) is 0.421. The van der Waals surface area contributed by atoms with Crippen LogP contribution in [-0.4, -0.2) is 60.9 Å². The number of nitriles is 1. The molecule has 2 saturated heterocycles. The van der Waals surface area contributed by atoms with Crippen molar-refractivity contribution >= 4 is 17.8 Å². The van der Waals surface area contributed by atoms with Gasteiger partial charge in [0.2, 0.25) is 5.91 Å². The van der Waals surface area contributed by atoms with Crippen molar-refractivity contribution in [1.29, 1.82) is 5.26 Å². The molecule has 4 atom stereocenters. The summed E-state index contributed by atoms with van der Waals surface area (Å²) in [6.45, 7) is 4.54. The molecule has 10 nitrogen and oxygen atoms in total. The molecule has 40 heavy (non-hydrogen) atoms. The smallest absolute Gasteiger partial charge is 0.309 e. The average molecular weight is 554 g/mol. The first-order valence-corrected chi connectivity index (χ1v) is 14.3. The van der Waals surface area contributed by atoms with Crippen molar-refractivity contribution in [1.82, 2.24) is 10.6 Å². The zero-order chi connectivity index (χ0) is 28.7. The van der Waals surface area contributed by atoms with Crippen molar-refractivity contribution in [3.8, 4) is 17.6 Å². The number of carboxylic acid groups (broad SMARTS) is 1. The van der Waals surface area contributed by atoms with Crippen LogP contribution in [0.25, 0.3) is 0 Å². The Morgan fingerprint density at radius 1 is 1.07 bits per heavy atom. The molecule has 2 aliphatic heterocycles. The van der Waals surface area contributed by atoms with Crippen molar-refractivity contribution in [3.05, 3.63) is 23.3 Å². The van der Waals surface area contributed by atoms with Gasteiger partial charge in [0.1, 0.15) is 17.6 Å². The molecule has 1 aromatic carbocycles. The van der Waals surface area contributed by atoms with Crippen LogP contribution in [0.15, 0.2) is 12.1 Å². The van der Waals surface area contributed by atoms with Gasteiger partial charge in [-0.2, -0.15) is 5.26 Å². The number of nitrogens with one attached hydrogen (secondary N) is 2. The molecule has 0 aromatic heterocycles. The molecule has 5 rings (SSSR count). The number of fused-ring (bicyclic) bond motifs is 2. The summed E-state index contributed by atoms with van der Waals surface area (Å²) in [6.07, 6.45) is 6.18. The first kappa shape index (κ1) is 28.2. The number of carbonyl (C=O) groups is 3. The average Bonchev–Trinajstić information content (AvgIpc) is 3.53. The van der Waals surface area contributed by atoms with Gasteiger partial charge in [0.15, 0.2) is 0 Å². The Morgan fingerprint density at radius 3 is 2.38 bits per heavy atom. The van der Waals surface area contributed by atoms with E-state index in [0.29, 0.717) is 32.2 Å². The second-order valence-corrected chi connectivity index (χ2v) is 12.5. The van der Waals surface area contributed by atoms with Crippen molar-refractivity contribution < 1.29 is 33.7 Å². The lowest BCUT2D eigenvalue weighted by Crippen LogP contribution is -2.53. The minimum Gasteiger partial charge on any atom is -0.496 e. The van der Waals surface area contributed by atoms with Crippen molar-refractivity contribution in [3.63, 3.8) is 0 Å². The fourth-order valence-corrected chi connectivity index (χ4v) is 6.63. The number of aliphatic carboxylic acids is 1. The number of benzene rings is 1. The SMILES string of the molecule is COc1cc(C#N)c(O[C@H]2CC[C@@](C)(C(=O)O)CC2)cc1C(=O)N[C@@H]1C(C(=O)NCC2(C)CCC2)[C@@H]2CC[C@H]1O2. The highest BCUT2D eigenvalue weighted by atomic mass is 16.5. The molecular weight excluding hydrogens is 514 g/mol. The fourth-order valence-electron chi connectivity index (χ4n) is 6.63. The third-order valence-corrected chi connectivity index (χ3v) is 9.64. The van der Waals surface area contributed by atoms with E-state index >= 15 is 0 Å². The van der Waals surface area contributed by atoms with E-state index in [4.69, 9.17) is 14.2 Å². The number of ether oxygens (including phenoxy) is 3. The topological polar surface area (TPSA) is 147 Å². The third kappa shape index (κ3) is 5.36. The summed E-state index contributed by atoms with van der Waals surface area (Å²) in [5, 5.41) is 25.4. The lowest BCUT2D eigenvalue weighted by atomic mass is 9.70. The minimum absolute atomic E-state index is 0.0906. The maximum Gasteiger partial charge on any atom is 0.309 e. The molecule has 3 N–H and O–H groups in total. The van der Waals surface area contributed by atoms with Gasteiger partial charge in [0.05, 0.1) is 53.9 Å². The number of amides is 2. The Kier molecular flexibility index (Phi) is 7.71. The third-order valence-electron chi connectivity index (χ3n) is 9.64. The molecule has 2 aliphatic carbocycles. The highest BCUT2D eigenvalue weighted by Gasteiger charge is 2.53. The van der Waals surface area contributed by atoms with Crippen molar-refractivity contribution in [2.45, 2.75) is 96.0 Å². The monoisotopic (exact) mass is 553 g/mol. The molecule has 10 heteroatoms. The van der Waals surface area contributed by atoms with E-state index in [1.54, 1.807) is 6.92 Å². The highest BCUT2D eigenvalue weighted by molar-refractivity contribution is 5.98. The minimum atomic E-state index is -0.819. The summed E-state index contributed by atoms with van der Waals surface area (Å²) in [6, 6.07) is 4.63. The van der Waals surface area contributed by atoms with E-state index in [9.17, 15) is 24.8 Å². The van der Waals surface area contributed by atoms with E-state index in [2.05, 4.69) is 23.6 Å². The summed E-state index contributed by atoms with van der Waals surface area (Å²) < 4.78 is 17.7. The molecule has 2 saturated carbocycles. The van der Waals surface area contributed by atoms with Crippen molar-refractivity contribution in [2.75, 3.05) is 13.7 Å². The van der Waals surface area contributed by atoms with Crippen LogP contribution in [0.5, 0.6) is 11.5 Å². The summed E-state index contributed by atoms with van der Waals surface area (Å²) in [7, 11) is 1.43. The maximum absolute atomic E-state index is 13.6. The normalized spacial score (nSPS) is 31.9. The summed E-state index contributed by atoms with van der Waals surface area (Å²) >= 11 is 0. The number of hydrogen-bond acceptors (Lipinski definition) is 7. The molecule has 216 valence electrons. The van der Waals surface area contributed by atoms with E-state index < -0.39 is 29.3 Å². The molecule has 1 unspecified atom stereocenters. The molecule has 0 radical (unpaired) electrons. The van der Waals surface area contributed by atoms with Crippen LogP contribution in [0.4, 0.5) is 0 Å². The van der Waals surface area contributed by atoms with Gasteiger partial charge in [0, 0.05) is 12.6 Å². The standard InChI is InChI=1S/C30H39N3O7/c1-29(9-4-10-29)16-32-27(35)24-20-5-6-21(40-20)25(24)33-26(34)19-14-22(17(15-31)13-23(19)38-3)39-18-7-11-30(2,12-8-18)28(36)37/h13-14,18,20-21,24-25H,4-12,16H2,1-3H3,(H,32,35)(H,33,34)(H,36,37)/t18-,20-,21+,24?,25-,30+/m0/s1. The van der Waals surface area contributed by atoms with E-state index in [1.807, 2.05) is 0 Å². The van der Waals surface area contributed by atoms with Gasteiger partial charge in [-0.25, -0.2) is 0 Å². The van der Waals surface area contributed by atoms with Gasteiger partial charge in [-0.1, -0.05) is 13.3 Å². The number of nitrogens with zero attached hydrogens (tertiary/aromatic N) is 1. The van der Waals surface area contributed by atoms with Gasteiger partial charge in [-0.15, -0.1) is 0 Å². The number of carbonyl (C=O) groups excluding carboxylic acids is 2. The van der Waals surface area contributed by atoms with E-state index in [1.165, 1.54) is 25.7 Å². The van der Waals surface area contributed by atoms with Crippen LogP contribution in [0.1, 0.15) is 87.6 Å². The van der Waals surface area contributed by atoms with Crippen LogP contribution in [0, 0.1) is 28.1 Å². The van der Waals surface area contributed by atoms with Crippen LogP contribution in [-0.2, 0) is 14.3 Å². The second-order valence-electron chi connectivity index (χ2n) is 12.5. The molecular formula is C30H39N3O7. The van der Waals surface area contributed by atoms with Gasteiger partial charge in [-0.3, -0.25) is 14.4 Å². The lowest BCUT2D eigenvalue weighted by molar-refractivity contribution is -0.150. The maximum atomic E-state index is 13.6. The van der Waals surface area contributed by atoms with Gasteiger partial charge >= 0.3 is 5.97 Å². The molecule has 2 amide bonds. The van der Waals surface area contributed by atoms with Crippen LogP contribution >= 0.6 is 0 Å². The Bertz CT molecular complexity index is 1210. The largest absolute Gasteiger partial charge is 0.496 e. The second kappa shape index (κ2) is 10.9.